The molecule has 0 heterocycles. The second kappa shape index (κ2) is 7.68. The Bertz CT molecular complexity index is 929. The molecule has 130 valence electrons. The zero-order chi connectivity index (χ0) is 18.4. The highest BCUT2D eigenvalue weighted by atomic mass is 32.2. The predicted octanol–water partition coefficient (Wildman–Crippen LogP) is 2.65. The van der Waals surface area contributed by atoms with Gasteiger partial charge in [0.15, 0.2) is 17.2 Å². The maximum absolute atomic E-state index is 12.1. The van der Waals surface area contributed by atoms with Gasteiger partial charge in [-0.2, -0.15) is 13.7 Å². The molecule has 2 aromatic rings. The average Bonchev–Trinajstić information content (AvgIpc) is 2.62. The Labute approximate surface area is 146 Å². The number of nitriles is 1. The normalized spacial score (nSPS) is 11.5. The minimum Gasteiger partial charge on any atom is -0.493 e. The van der Waals surface area contributed by atoms with E-state index in [2.05, 4.69) is 9.44 Å². The molecule has 0 fully saturated rings. The Balaban J connectivity index is 2.32. The van der Waals surface area contributed by atoms with Crippen molar-refractivity contribution >= 4 is 15.8 Å². The topological polar surface area (TPSA) is 98.0 Å². The van der Waals surface area contributed by atoms with Crippen molar-refractivity contribution in [2.75, 3.05) is 14.2 Å². The second-order valence-corrected chi connectivity index (χ2v) is 6.49. The number of rotatable bonds is 6. The van der Waals surface area contributed by atoms with Crippen LogP contribution in [-0.4, -0.2) is 28.3 Å². The van der Waals surface area contributed by atoms with E-state index < -0.39 is 10.1 Å². The van der Waals surface area contributed by atoms with Gasteiger partial charge in [0, 0.05) is 5.56 Å². The Morgan fingerprint density at radius 1 is 1.04 bits per heavy atom. The summed E-state index contributed by atoms with van der Waals surface area (Å²) in [6.07, 6.45) is 0. The van der Waals surface area contributed by atoms with Gasteiger partial charge >= 0.3 is 10.1 Å². The molecule has 0 atom stereocenters. The predicted molar refractivity (Wildman–Crippen MR) is 91.1 cm³/mol. The zero-order valence-electron chi connectivity index (χ0n) is 13.9. The van der Waals surface area contributed by atoms with Crippen molar-refractivity contribution in [3.63, 3.8) is 0 Å². The number of ether oxygens (including phenoxy) is 2. The number of benzene rings is 2. The molecule has 7 nitrogen and oxygen atoms in total. The standard InChI is InChI=1S/C17H16N2O5S/c1-12-4-7-14(8-5-12)25(20,21)24-19-15(11-18)13-6-9-16(22-2)17(10-13)23-3/h4-10H,1-3H3/b19-15-. The van der Waals surface area contributed by atoms with E-state index in [9.17, 15) is 13.7 Å². The minimum absolute atomic E-state index is 0.0496. The summed E-state index contributed by atoms with van der Waals surface area (Å²) < 4.78 is 39.2. The van der Waals surface area contributed by atoms with Crippen molar-refractivity contribution in [2.45, 2.75) is 11.8 Å². The first-order valence-electron chi connectivity index (χ1n) is 7.12. The molecule has 0 unspecified atom stereocenters. The third-order valence-corrected chi connectivity index (χ3v) is 4.42. The molecule has 0 saturated carbocycles. The molecule has 0 amide bonds. The lowest BCUT2D eigenvalue weighted by Gasteiger charge is -2.08. The molecule has 8 heteroatoms. The van der Waals surface area contributed by atoms with Crippen LogP contribution in [0.15, 0.2) is 52.5 Å². The van der Waals surface area contributed by atoms with E-state index in [1.807, 2.05) is 6.92 Å². The van der Waals surface area contributed by atoms with E-state index in [0.29, 0.717) is 17.1 Å². The molecule has 0 aliphatic heterocycles. The van der Waals surface area contributed by atoms with E-state index in [-0.39, 0.29) is 10.6 Å². The summed E-state index contributed by atoms with van der Waals surface area (Å²) >= 11 is 0. The molecule has 25 heavy (non-hydrogen) atoms. The van der Waals surface area contributed by atoms with Gasteiger partial charge in [0.05, 0.1) is 14.2 Å². The number of aryl methyl sites for hydroxylation is 1. The van der Waals surface area contributed by atoms with Gasteiger partial charge < -0.3 is 9.47 Å². The summed E-state index contributed by atoms with van der Waals surface area (Å²) in [5.41, 5.74) is 1.03. The number of oxime groups is 1. The minimum atomic E-state index is -4.11. The molecule has 0 radical (unpaired) electrons. The van der Waals surface area contributed by atoms with Gasteiger partial charge in [0.2, 0.25) is 0 Å². The van der Waals surface area contributed by atoms with Gasteiger partial charge in [0.1, 0.15) is 11.0 Å². The number of hydrogen-bond donors (Lipinski definition) is 0. The molecule has 0 saturated heterocycles. The second-order valence-electron chi connectivity index (χ2n) is 4.96. The smallest absolute Gasteiger partial charge is 0.358 e. The highest BCUT2D eigenvalue weighted by molar-refractivity contribution is 7.86. The quantitative estimate of drug-likeness (QED) is 0.580. The lowest BCUT2D eigenvalue weighted by molar-refractivity contribution is 0.339. The van der Waals surface area contributed by atoms with Gasteiger partial charge in [-0.25, -0.2) is 0 Å². The van der Waals surface area contributed by atoms with E-state index in [1.165, 1.54) is 32.4 Å². The summed E-state index contributed by atoms with van der Waals surface area (Å²) in [5, 5.41) is 12.7. The lowest BCUT2D eigenvalue weighted by atomic mass is 10.1. The van der Waals surface area contributed by atoms with Crippen LogP contribution in [0.2, 0.25) is 0 Å². The molecule has 0 aromatic heterocycles. The third-order valence-electron chi connectivity index (χ3n) is 3.30. The number of hydrogen-bond acceptors (Lipinski definition) is 7. The molecule has 0 N–H and O–H groups in total. The van der Waals surface area contributed by atoms with Gasteiger partial charge in [0.25, 0.3) is 0 Å². The first kappa shape index (κ1) is 18.3. The fraction of sp³-hybridized carbons (Fsp3) is 0.176. The highest BCUT2D eigenvalue weighted by Crippen LogP contribution is 2.28. The van der Waals surface area contributed by atoms with E-state index in [4.69, 9.17) is 9.47 Å². The number of methoxy groups -OCH3 is 2. The van der Waals surface area contributed by atoms with Crippen LogP contribution in [-0.2, 0) is 14.4 Å². The van der Waals surface area contributed by atoms with Crippen LogP contribution in [0.3, 0.4) is 0 Å². The monoisotopic (exact) mass is 360 g/mol. The highest BCUT2D eigenvalue weighted by Gasteiger charge is 2.17. The third kappa shape index (κ3) is 4.28. The average molecular weight is 360 g/mol. The van der Waals surface area contributed by atoms with Crippen LogP contribution in [0, 0.1) is 18.3 Å². The van der Waals surface area contributed by atoms with E-state index in [0.717, 1.165) is 5.56 Å². The van der Waals surface area contributed by atoms with Crippen molar-refractivity contribution in [2.24, 2.45) is 5.16 Å². The molecule has 0 aliphatic rings. The first-order chi connectivity index (χ1) is 11.9. The van der Waals surface area contributed by atoms with Gasteiger partial charge in [-0.1, -0.05) is 22.9 Å². The van der Waals surface area contributed by atoms with Crippen LogP contribution < -0.4 is 9.47 Å². The van der Waals surface area contributed by atoms with Gasteiger partial charge in [-0.3, -0.25) is 4.28 Å². The zero-order valence-corrected chi connectivity index (χ0v) is 14.7. The first-order valence-corrected chi connectivity index (χ1v) is 8.53. The Kier molecular flexibility index (Phi) is 5.62. The van der Waals surface area contributed by atoms with Gasteiger partial charge in [-0.05, 0) is 37.3 Å². The molecule has 0 spiro atoms. The van der Waals surface area contributed by atoms with Crippen molar-refractivity contribution < 1.29 is 22.2 Å². The lowest BCUT2D eigenvalue weighted by Crippen LogP contribution is -2.06. The molecule has 0 bridgehead atoms. The molecular weight excluding hydrogens is 344 g/mol. The molecule has 0 aliphatic carbocycles. The SMILES string of the molecule is COc1ccc(/C(C#N)=N\OS(=O)(=O)c2ccc(C)cc2)cc1OC. The van der Waals surface area contributed by atoms with Crippen molar-refractivity contribution in [3.8, 4) is 17.6 Å². The summed E-state index contributed by atoms with van der Waals surface area (Å²) in [6, 6.07) is 12.5. The van der Waals surface area contributed by atoms with Crippen LogP contribution in [0.25, 0.3) is 0 Å². The van der Waals surface area contributed by atoms with Crippen molar-refractivity contribution in [1.82, 2.24) is 0 Å². The fourth-order valence-corrected chi connectivity index (χ4v) is 2.68. The fourth-order valence-electron chi connectivity index (χ4n) is 1.96. The van der Waals surface area contributed by atoms with Crippen LogP contribution >= 0.6 is 0 Å². The van der Waals surface area contributed by atoms with Gasteiger partial charge in [-0.15, -0.1) is 0 Å². The largest absolute Gasteiger partial charge is 0.493 e. The van der Waals surface area contributed by atoms with Crippen LogP contribution in [0.4, 0.5) is 0 Å². The Morgan fingerprint density at radius 3 is 2.24 bits per heavy atom. The summed E-state index contributed by atoms with van der Waals surface area (Å²) in [7, 11) is -1.19. The van der Waals surface area contributed by atoms with E-state index >= 15 is 0 Å². The summed E-state index contributed by atoms with van der Waals surface area (Å²) in [4.78, 5) is -0.0496. The summed E-state index contributed by atoms with van der Waals surface area (Å²) in [6.45, 7) is 1.83. The summed E-state index contributed by atoms with van der Waals surface area (Å²) in [5.74, 6) is 0.848. The van der Waals surface area contributed by atoms with Crippen LogP contribution in [0.5, 0.6) is 11.5 Å². The molecular formula is C17H16N2O5S. The van der Waals surface area contributed by atoms with E-state index in [1.54, 1.807) is 30.3 Å². The molecule has 2 rings (SSSR count). The Morgan fingerprint density at radius 2 is 1.68 bits per heavy atom. The van der Waals surface area contributed by atoms with Crippen molar-refractivity contribution in [1.29, 1.82) is 5.26 Å². The maximum Gasteiger partial charge on any atom is 0.358 e. The van der Waals surface area contributed by atoms with Crippen LogP contribution in [0.1, 0.15) is 11.1 Å². The molecule has 2 aromatic carbocycles. The van der Waals surface area contributed by atoms with Crippen molar-refractivity contribution in [3.05, 3.63) is 53.6 Å². The Hall–Kier alpha value is -3.05. The number of nitrogens with zero attached hydrogens (tertiary/aromatic N) is 2. The maximum atomic E-state index is 12.1.